The molecule has 0 aliphatic carbocycles. The molecule has 5 N–H and O–H groups in total. The van der Waals surface area contributed by atoms with Crippen LogP contribution in [0.25, 0.3) is 6.08 Å². The number of hydrogen-bond acceptors (Lipinski definition) is 7. The zero-order chi connectivity index (χ0) is 16.5. The topological polar surface area (TPSA) is 127 Å². The summed E-state index contributed by atoms with van der Waals surface area (Å²) in [6, 6.07) is 9.02. The number of ether oxygens (including phenoxy) is 1. The second-order valence-electron chi connectivity index (χ2n) is 4.67. The van der Waals surface area contributed by atoms with E-state index < -0.39 is 43.6 Å². The number of aliphatic hydroxyl groups is 5. The molecule has 0 saturated carbocycles. The van der Waals surface area contributed by atoms with Gasteiger partial charge in [0.05, 0.1) is 6.61 Å². The van der Waals surface area contributed by atoms with E-state index in [1.807, 2.05) is 6.07 Å². The molecule has 1 rings (SSSR count). The molecule has 22 heavy (non-hydrogen) atoms. The van der Waals surface area contributed by atoms with Crippen molar-refractivity contribution >= 4 is 12.0 Å². The Kier molecular flexibility index (Phi) is 7.72. The maximum absolute atomic E-state index is 11.4. The Morgan fingerprint density at radius 3 is 2.23 bits per heavy atom. The summed E-state index contributed by atoms with van der Waals surface area (Å²) in [5.41, 5.74) is 0.793. The van der Waals surface area contributed by atoms with Gasteiger partial charge in [0.2, 0.25) is 0 Å². The molecule has 0 aliphatic rings. The summed E-state index contributed by atoms with van der Waals surface area (Å²) in [5, 5.41) is 46.3. The molecule has 7 heteroatoms. The second-order valence-corrected chi connectivity index (χ2v) is 4.67. The number of rotatable bonds is 8. The van der Waals surface area contributed by atoms with E-state index in [9.17, 15) is 20.1 Å². The van der Waals surface area contributed by atoms with Gasteiger partial charge >= 0.3 is 5.97 Å². The molecule has 0 aliphatic heterocycles. The lowest BCUT2D eigenvalue weighted by Crippen LogP contribution is -2.47. The standard InChI is InChI=1S/C15H20O7/c16-8-11(17)14(20)15(21)12(18)9-22-13(19)7-6-10-4-2-1-3-5-10/h1-7,11-12,14-18,20-21H,8-9H2/t11-,12-,14-,15-/m1/s1. The monoisotopic (exact) mass is 312 g/mol. The lowest BCUT2D eigenvalue weighted by molar-refractivity contribution is -0.151. The van der Waals surface area contributed by atoms with Gasteiger partial charge in [-0.25, -0.2) is 4.79 Å². The molecular formula is C15H20O7. The molecule has 0 bridgehead atoms. The van der Waals surface area contributed by atoms with E-state index in [-0.39, 0.29) is 0 Å². The first-order valence-electron chi connectivity index (χ1n) is 6.68. The van der Waals surface area contributed by atoms with Crippen molar-refractivity contribution in [1.29, 1.82) is 0 Å². The van der Waals surface area contributed by atoms with Crippen LogP contribution in [-0.2, 0) is 9.53 Å². The molecule has 0 fully saturated rings. The summed E-state index contributed by atoms with van der Waals surface area (Å²) < 4.78 is 4.72. The van der Waals surface area contributed by atoms with Crippen molar-refractivity contribution in [3.63, 3.8) is 0 Å². The Morgan fingerprint density at radius 2 is 1.64 bits per heavy atom. The van der Waals surface area contributed by atoms with Crippen LogP contribution >= 0.6 is 0 Å². The van der Waals surface area contributed by atoms with E-state index in [4.69, 9.17) is 14.9 Å². The number of aliphatic hydroxyl groups excluding tert-OH is 5. The lowest BCUT2D eigenvalue weighted by Gasteiger charge is -2.25. The minimum absolute atomic E-state index is 0.561. The summed E-state index contributed by atoms with van der Waals surface area (Å²) in [4.78, 5) is 11.4. The van der Waals surface area contributed by atoms with Crippen LogP contribution in [0.4, 0.5) is 0 Å². The smallest absolute Gasteiger partial charge is 0.330 e. The van der Waals surface area contributed by atoms with Crippen molar-refractivity contribution in [3.05, 3.63) is 42.0 Å². The normalized spacial score (nSPS) is 17.0. The van der Waals surface area contributed by atoms with Crippen LogP contribution < -0.4 is 0 Å². The first kappa shape index (κ1) is 18.3. The number of carbonyl (C=O) groups is 1. The van der Waals surface area contributed by atoms with Gasteiger partial charge in [-0.3, -0.25) is 0 Å². The number of carbonyl (C=O) groups excluding carboxylic acids is 1. The molecule has 1 aromatic carbocycles. The Bertz CT molecular complexity index is 474. The molecule has 1 aromatic rings. The van der Waals surface area contributed by atoms with Gasteiger partial charge < -0.3 is 30.3 Å². The summed E-state index contributed by atoms with van der Waals surface area (Å²) in [6.45, 7) is -1.33. The lowest BCUT2D eigenvalue weighted by atomic mass is 10.0. The molecular weight excluding hydrogens is 292 g/mol. The van der Waals surface area contributed by atoms with Crippen molar-refractivity contribution in [2.24, 2.45) is 0 Å². The van der Waals surface area contributed by atoms with E-state index in [2.05, 4.69) is 0 Å². The van der Waals surface area contributed by atoms with E-state index in [0.29, 0.717) is 0 Å². The molecule has 0 spiro atoms. The molecule has 122 valence electrons. The SMILES string of the molecule is O=C(C=Cc1ccccc1)OC[C@@H](O)[C@@H](O)[C@H](O)[C@H](O)CO. The summed E-state index contributed by atoms with van der Waals surface area (Å²) in [7, 11) is 0. The fourth-order valence-corrected chi connectivity index (χ4v) is 1.61. The number of benzene rings is 1. The number of hydrogen-bond donors (Lipinski definition) is 5. The molecule has 7 nitrogen and oxygen atoms in total. The van der Waals surface area contributed by atoms with Gasteiger partial charge in [-0.2, -0.15) is 0 Å². The fraction of sp³-hybridized carbons (Fsp3) is 0.400. The van der Waals surface area contributed by atoms with E-state index in [1.165, 1.54) is 6.08 Å². The zero-order valence-corrected chi connectivity index (χ0v) is 11.8. The van der Waals surface area contributed by atoms with Crippen LogP contribution in [-0.4, -0.2) is 69.1 Å². The predicted molar refractivity (Wildman–Crippen MR) is 77.5 cm³/mol. The highest BCUT2D eigenvalue weighted by atomic mass is 16.5. The maximum Gasteiger partial charge on any atom is 0.330 e. The van der Waals surface area contributed by atoms with Crippen LogP contribution in [0.15, 0.2) is 36.4 Å². The molecule has 0 radical (unpaired) electrons. The first-order valence-corrected chi connectivity index (χ1v) is 6.68. The number of esters is 1. The van der Waals surface area contributed by atoms with E-state index >= 15 is 0 Å². The van der Waals surface area contributed by atoms with Gasteiger partial charge in [0.15, 0.2) is 0 Å². The molecule has 0 saturated heterocycles. The van der Waals surface area contributed by atoms with Crippen molar-refractivity contribution in [1.82, 2.24) is 0 Å². The van der Waals surface area contributed by atoms with Crippen LogP contribution in [0.3, 0.4) is 0 Å². The van der Waals surface area contributed by atoms with Crippen LogP contribution in [0.1, 0.15) is 5.56 Å². The zero-order valence-electron chi connectivity index (χ0n) is 11.8. The third-order valence-corrected chi connectivity index (χ3v) is 2.93. The molecule has 0 aromatic heterocycles. The van der Waals surface area contributed by atoms with Crippen LogP contribution in [0, 0.1) is 0 Å². The highest BCUT2D eigenvalue weighted by Gasteiger charge is 2.30. The van der Waals surface area contributed by atoms with Gasteiger partial charge in [-0.15, -0.1) is 0 Å². The van der Waals surface area contributed by atoms with Gasteiger partial charge in [-0.1, -0.05) is 30.3 Å². The van der Waals surface area contributed by atoms with E-state index in [0.717, 1.165) is 11.6 Å². The van der Waals surface area contributed by atoms with Crippen molar-refractivity contribution in [2.45, 2.75) is 24.4 Å². The third-order valence-electron chi connectivity index (χ3n) is 2.93. The average molecular weight is 312 g/mol. The van der Waals surface area contributed by atoms with Gasteiger partial charge in [-0.05, 0) is 11.6 Å². The highest BCUT2D eigenvalue weighted by molar-refractivity contribution is 5.87. The third kappa shape index (κ3) is 5.92. The van der Waals surface area contributed by atoms with E-state index in [1.54, 1.807) is 24.3 Å². The minimum Gasteiger partial charge on any atom is -0.460 e. The molecule has 0 heterocycles. The first-order chi connectivity index (χ1) is 10.5. The molecule has 0 amide bonds. The van der Waals surface area contributed by atoms with Crippen molar-refractivity contribution in [2.75, 3.05) is 13.2 Å². The van der Waals surface area contributed by atoms with Crippen LogP contribution in [0.2, 0.25) is 0 Å². The molecule has 0 unspecified atom stereocenters. The summed E-state index contributed by atoms with van der Waals surface area (Å²) in [6.07, 6.45) is -4.02. The minimum atomic E-state index is -1.76. The second kappa shape index (κ2) is 9.29. The van der Waals surface area contributed by atoms with Crippen molar-refractivity contribution in [3.8, 4) is 0 Å². The average Bonchev–Trinajstić information content (AvgIpc) is 2.56. The summed E-state index contributed by atoms with van der Waals surface area (Å²) in [5.74, 6) is -0.729. The quantitative estimate of drug-likeness (QED) is 0.297. The Labute approximate surface area is 127 Å². The predicted octanol–water partition coefficient (Wildman–Crippen LogP) is -1.32. The Hall–Kier alpha value is -1.77. The van der Waals surface area contributed by atoms with Gasteiger partial charge in [0.25, 0.3) is 0 Å². The van der Waals surface area contributed by atoms with Gasteiger partial charge in [0, 0.05) is 6.08 Å². The highest BCUT2D eigenvalue weighted by Crippen LogP contribution is 2.06. The van der Waals surface area contributed by atoms with Gasteiger partial charge in [0.1, 0.15) is 31.0 Å². The maximum atomic E-state index is 11.4. The molecule has 4 atom stereocenters. The van der Waals surface area contributed by atoms with Crippen LogP contribution in [0.5, 0.6) is 0 Å². The fourth-order valence-electron chi connectivity index (χ4n) is 1.61. The largest absolute Gasteiger partial charge is 0.460 e. The summed E-state index contributed by atoms with van der Waals surface area (Å²) >= 11 is 0. The Morgan fingerprint density at radius 1 is 1.05 bits per heavy atom. The Balaban J connectivity index is 2.41. The van der Waals surface area contributed by atoms with Crippen molar-refractivity contribution < 1.29 is 35.1 Å².